The quantitative estimate of drug-likeness (QED) is 0.505. The average molecular weight is 436 g/mol. The predicted molar refractivity (Wildman–Crippen MR) is 122 cm³/mol. The van der Waals surface area contributed by atoms with Gasteiger partial charge in [0.25, 0.3) is 11.5 Å². The van der Waals surface area contributed by atoms with E-state index in [-0.39, 0.29) is 5.56 Å². The second kappa shape index (κ2) is 8.23. The summed E-state index contributed by atoms with van der Waals surface area (Å²) in [6.07, 6.45) is 1.32. The summed E-state index contributed by atoms with van der Waals surface area (Å²) in [5.74, 6) is 0.702. The van der Waals surface area contributed by atoms with Crippen molar-refractivity contribution in [2.24, 2.45) is 0 Å². The number of thiazole rings is 1. The lowest BCUT2D eigenvalue weighted by Gasteiger charge is -2.11. The Morgan fingerprint density at radius 3 is 2.68 bits per heavy atom. The fourth-order valence-corrected chi connectivity index (χ4v) is 4.18. The molecule has 0 aliphatic carbocycles. The van der Waals surface area contributed by atoms with Crippen molar-refractivity contribution in [3.63, 3.8) is 0 Å². The van der Waals surface area contributed by atoms with Crippen LogP contribution in [0.25, 0.3) is 16.2 Å². The Morgan fingerprint density at radius 1 is 1.13 bits per heavy atom. The lowest BCUT2D eigenvalue weighted by molar-refractivity contribution is 0.102. The molecule has 4 aromatic rings. The van der Waals surface area contributed by atoms with Gasteiger partial charge in [-0.3, -0.25) is 14.0 Å². The van der Waals surface area contributed by atoms with Gasteiger partial charge >= 0.3 is 0 Å². The standard InChI is InChI=1S/C23H21N3O4S/c1-13-6-5-7-18(14(13)2)25-21(27)17-11-24-23-26(22(17)28)19(12-31-23)16-10-15(29-3)8-9-20(16)30-4/h5-12H,1-4H3,(H,25,27). The summed E-state index contributed by atoms with van der Waals surface area (Å²) in [6.45, 7) is 3.89. The maximum atomic E-state index is 13.3. The molecule has 2 heterocycles. The molecule has 8 heteroatoms. The number of hydrogen-bond donors (Lipinski definition) is 1. The zero-order chi connectivity index (χ0) is 22.1. The van der Waals surface area contributed by atoms with Crippen LogP contribution in [-0.4, -0.2) is 29.5 Å². The van der Waals surface area contributed by atoms with Gasteiger partial charge in [0, 0.05) is 22.8 Å². The van der Waals surface area contributed by atoms with Crippen LogP contribution in [0.4, 0.5) is 5.69 Å². The maximum absolute atomic E-state index is 13.3. The summed E-state index contributed by atoms with van der Waals surface area (Å²) in [5, 5.41) is 4.64. The van der Waals surface area contributed by atoms with Crippen molar-refractivity contribution in [3.05, 3.63) is 75.0 Å². The van der Waals surface area contributed by atoms with Gasteiger partial charge in [-0.1, -0.05) is 12.1 Å². The monoisotopic (exact) mass is 435 g/mol. The Hall–Kier alpha value is -3.65. The van der Waals surface area contributed by atoms with E-state index in [4.69, 9.17) is 9.47 Å². The van der Waals surface area contributed by atoms with Crippen LogP contribution >= 0.6 is 11.3 Å². The third-order valence-electron chi connectivity index (χ3n) is 5.23. The van der Waals surface area contributed by atoms with E-state index < -0.39 is 11.5 Å². The summed E-state index contributed by atoms with van der Waals surface area (Å²) in [4.78, 5) is 31.1. The van der Waals surface area contributed by atoms with Crippen molar-refractivity contribution in [3.8, 4) is 22.8 Å². The zero-order valence-electron chi connectivity index (χ0n) is 17.6. The zero-order valence-corrected chi connectivity index (χ0v) is 18.4. The number of methoxy groups -OCH3 is 2. The van der Waals surface area contributed by atoms with E-state index >= 15 is 0 Å². The molecule has 0 aliphatic heterocycles. The summed E-state index contributed by atoms with van der Waals surface area (Å²) < 4.78 is 12.2. The van der Waals surface area contributed by atoms with E-state index in [2.05, 4.69) is 10.3 Å². The lowest BCUT2D eigenvalue weighted by atomic mass is 10.1. The molecule has 0 radical (unpaired) electrons. The SMILES string of the molecule is COc1ccc(OC)c(-c2csc3ncc(C(=O)Nc4cccc(C)c4C)c(=O)n23)c1. The summed E-state index contributed by atoms with van der Waals surface area (Å²) in [7, 11) is 3.13. The van der Waals surface area contributed by atoms with E-state index in [1.807, 2.05) is 31.4 Å². The van der Waals surface area contributed by atoms with Crippen LogP contribution in [0.3, 0.4) is 0 Å². The molecule has 0 fully saturated rings. The van der Waals surface area contributed by atoms with Gasteiger partial charge < -0.3 is 14.8 Å². The Bertz CT molecular complexity index is 1360. The van der Waals surface area contributed by atoms with E-state index in [1.165, 1.54) is 21.9 Å². The Balaban J connectivity index is 1.83. The van der Waals surface area contributed by atoms with Crippen LogP contribution < -0.4 is 20.3 Å². The number of hydrogen-bond acceptors (Lipinski definition) is 6. The molecule has 158 valence electrons. The minimum Gasteiger partial charge on any atom is -0.497 e. The average Bonchev–Trinajstić information content (AvgIpc) is 3.21. The highest BCUT2D eigenvalue weighted by Crippen LogP contribution is 2.35. The van der Waals surface area contributed by atoms with E-state index in [9.17, 15) is 9.59 Å². The topological polar surface area (TPSA) is 81.9 Å². The number of benzene rings is 2. The molecule has 0 saturated carbocycles. The number of amides is 1. The molecule has 2 aromatic heterocycles. The molecule has 4 rings (SSSR count). The number of carbonyl (C=O) groups excluding carboxylic acids is 1. The van der Waals surface area contributed by atoms with Gasteiger partial charge in [-0.25, -0.2) is 4.98 Å². The fraction of sp³-hybridized carbons (Fsp3) is 0.174. The Labute approximate surface area is 182 Å². The van der Waals surface area contributed by atoms with E-state index in [1.54, 1.807) is 38.5 Å². The highest BCUT2D eigenvalue weighted by atomic mass is 32.1. The Kier molecular flexibility index (Phi) is 5.48. The van der Waals surface area contributed by atoms with Crippen LogP contribution in [0, 0.1) is 13.8 Å². The van der Waals surface area contributed by atoms with Gasteiger partial charge in [-0.05, 0) is 49.2 Å². The molecular formula is C23H21N3O4S. The molecule has 0 saturated heterocycles. The van der Waals surface area contributed by atoms with Crippen molar-refractivity contribution in [1.29, 1.82) is 0 Å². The van der Waals surface area contributed by atoms with Crippen LogP contribution in [0.2, 0.25) is 0 Å². The van der Waals surface area contributed by atoms with Crippen molar-refractivity contribution >= 4 is 27.9 Å². The Morgan fingerprint density at radius 2 is 1.94 bits per heavy atom. The van der Waals surface area contributed by atoms with Crippen LogP contribution in [-0.2, 0) is 0 Å². The largest absolute Gasteiger partial charge is 0.497 e. The van der Waals surface area contributed by atoms with Gasteiger partial charge in [-0.2, -0.15) is 0 Å². The molecule has 0 spiro atoms. The van der Waals surface area contributed by atoms with Gasteiger partial charge in [-0.15, -0.1) is 11.3 Å². The second-order valence-corrected chi connectivity index (χ2v) is 7.82. The predicted octanol–water partition coefficient (Wildman–Crippen LogP) is 4.31. The molecule has 0 atom stereocenters. The van der Waals surface area contributed by atoms with Crippen molar-refractivity contribution in [2.45, 2.75) is 13.8 Å². The smallest absolute Gasteiger partial charge is 0.271 e. The summed E-state index contributed by atoms with van der Waals surface area (Å²) in [6, 6.07) is 11.0. The van der Waals surface area contributed by atoms with Crippen LogP contribution in [0.5, 0.6) is 11.5 Å². The van der Waals surface area contributed by atoms with Crippen molar-refractivity contribution in [1.82, 2.24) is 9.38 Å². The summed E-state index contributed by atoms with van der Waals surface area (Å²) >= 11 is 1.31. The highest BCUT2D eigenvalue weighted by Gasteiger charge is 2.20. The highest BCUT2D eigenvalue weighted by molar-refractivity contribution is 7.15. The number of nitrogens with one attached hydrogen (secondary N) is 1. The normalized spacial score (nSPS) is 10.8. The first-order chi connectivity index (χ1) is 14.9. The van der Waals surface area contributed by atoms with Crippen LogP contribution in [0.1, 0.15) is 21.5 Å². The molecule has 2 aromatic carbocycles. The molecule has 0 aliphatic rings. The fourth-order valence-electron chi connectivity index (χ4n) is 3.33. The second-order valence-electron chi connectivity index (χ2n) is 6.98. The first kappa shape index (κ1) is 20.6. The van der Waals surface area contributed by atoms with Gasteiger partial charge in [0.05, 0.1) is 19.9 Å². The number of ether oxygens (including phenoxy) is 2. The molecule has 7 nitrogen and oxygen atoms in total. The molecule has 1 N–H and O–H groups in total. The minimum atomic E-state index is -0.504. The molecule has 0 bridgehead atoms. The molecule has 0 unspecified atom stereocenters. The van der Waals surface area contributed by atoms with Gasteiger partial charge in [0.1, 0.15) is 17.1 Å². The number of fused-ring (bicyclic) bond motifs is 1. The van der Waals surface area contributed by atoms with Crippen LogP contribution in [0.15, 0.2) is 52.8 Å². The molecule has 31 heavy (non-hydrogen) atoms. The molecule has 1 amide bonds. The number of aryl methyl sites for hydroxylation is 1. The van der Waals surface area contributed by atoms with Crippen molar-refractivity contribution < 1.29 is 14.3 Å². The number of nitrogens with zero attached hydrogens (tertiary/aromatic N) is 2. The minimum absolute atomic E-state index is 0.0417. The lowest BCUT2D eigenvalue weighted by Crippen LogP contribution is -2.26. The number of carbonyl (C=O) groups is 1. The van der Waals surface area contributed by atoms with Gasteiger partial charge in [0.15, 0.2) is 4.96 Å². The third-order valence-corrected chi connectivity index (χ3v) is 6.07. The number of anilines is 1. The first-order valence-electron chi connectivity index (χ1n) is 9.53. The van der Waals surface area contributed by atoms with Gasteiger partial charge in [0.2, 0.25) is 0 Å². The summed E-state index contributed by atoms with van der Waals surface area (Å²) in [5.41, 5.74) is 3.41. The molecular weight excluding hydrogens is 414 g/mol. The first-order valence-corrected chi connectivity index (χ1v) is 10.4. The third kappa shape index (κ3) is 3.66. The van der Waals surface area contributed by atoms with E-state index in [0.717, 1.165) is 11.1 Å². The maximum Gasteiger partial charge on any atom is 0.271 e. The van der Waals surface area contributed by atoms with Crippen molar-refractivity contribution in [2.75, 3.05) is 19.5 Å². The number of rotatable bonds is 5. The number of aromatic nitrogens is 2. The van der Waals surface area contributed by atoms with E-state index in [0.29, 0.717) is 33.4 Å².